The van der Waals surface area contributed by atoms with E-state index >= 15 is 35.1 Å². The second kappa shape index (κ2) is 29.4. The van der Waals surface area contributed by atoms with E-state index in [1.165, 1.54) is 12.1 Å². The third-order valence-electron chi connectivity index (χ3n) is 19.5. The van der Waals surface area contributed by atoms with Crippen LogP contribution in [0.25, 0.3) is 110 Å². The van der Waals surface area contributed by atoms with Crippen molar-refractivity contribution in [3.8, 4) is 93.1 Å². The second-order valence-electron chi connectivity index (χ2n) is 26.1. The summed E-state index contributed by atoms with van der Waals surface area (Å²) in [5.41, 5.74) is -22.9. The molecule has 0 aromatic heterocycles. The summed E-state index contributed by atoms with van der Waals surface area (Å²) < 4.78 is 410. The Bertz CT molecular complexity index is 7110. The molecule has 0 aliphatic heterocycles. The number of nitrogens with zero attached hydrogens (tertiary/aromatic N) is 14. The molecule has 6 aliphatic carbocycles. The number of fused-ring (bicyclic) bond motifs is 6. The maximum Gasteiger partial charge on any atom is 0.522 e. The van der Waals surface area contributed by atoms with Gasteiger partial charge in [-0.2, -0.15) is 71.2 Å². The van der Waals surface area contributed by atoms with Gasteiger partial charge in [0, 0.05) is 29.7 Å². The predicted molar refractivity (Wildman–Crippen MR) is 375 cm³/mol. The van der Waals surface area contributed by atoms with E-state index in [1.54, 1.807) is 12.1 Å². The van der Waals surface area contributed by atoms with Gasteiger partial charge in [0.25, 0.3) is 0 Å². The van der Waals surface area contributed by atoms with E-state index in [0.29, 0.717) is 0 Å². The summed E-state index contributed by atoms with van der Waals surface area (Å²) in [4.78, 5) is 11.5. The van der Waals surface area contributed by atoms with E-state index in [4.69, 9.17) is 60.5 Å². The molecule has 0 saturated carbocycles. The molecule has 0 amide bonds. The average molecular weight is 1770 g/mol. The first kappa shape index (κ1) is 88.6. The lowest BCUT2D eigenvalue weighted by Gasteiger charge is -2.45. The lowest BCUT2D eigenvalue weighted by molar-refractivity contribution is 0.352. The molecule has 7 aromatic carbocycles. The Kier molecular flexibility index (Phi) is 21.0. The number of benzene rings is 7. The quantitative estimate of drug-likeness (QED) is 0.0512. The molecule has 0 atom stereocenters. The van der Waals surface area contributed by atoms with Gasteiger partial charge in [-0.15, -0.1) is 0 Å². The summed E-state index contributed by atoms with van der Waals surface area (Å²) in [5, 5.41) is 67.7. The van der Waals surface area contributed by atoms with Crippen LogP contribution in [0.1, 0.15) is 44.5 Å². The molecule has 0 N–H and O–H groups in total. The van der Waals surface area contributed by atoms with Gasteiger partial charge in [-0.3, -0.25) is 0 Å². The molecule has 0 unspecified atom stereocenters. The Balaban J connectivity index is 0.000000183. The first-order valence-electron chi connectivity index (χ1n) is 32.5. The first-order chi connectivity index (χ1) is 57.7. The van der Waals surface area contributed by atoms with Crippen LogP contribution in [-0.2, 0) is 38.5 Å². The number of allylic oxidation sites excluding steroid dienone is 9. The zero-order valence-electron chi connectivity index (χ0n) is 59.4. The van der Waals surface area contributed by atoms with E-state index in [2.05, 4.69) is 29.1 Å². The number of halogens is 28. The molecule has 0 heterocycles. The minimum atomic E-state index is -10.9. The Morgan fingerprint density at radius 3 is 0.605 bits per heavy atom. The van der Waals surface area contributed by atoms with Crippen LogP contribution < -0.4 is 31.3 Å². The number of nitriles is 8. The average Bonchev–Trinajstić information content (AvgIpc) is 1.37. The highest BCUT2D eigenvalue weighted by atomic mass is 32.5. The zero-order valence-corrected chi connectivity index (χ0v) is 61.0. The highest BCUT2D eigenvalue weighted by molar-refractivity contribution is 8.46. The third kappa shape index (κ3) is 14.0. The van der Waals surface area contributed by atoms with Crippen molar-refractivity contribution in [1.29, 1.82) is 42.1 Å². The van der Waals surface area contributed by atoms with E-state index in [9.17, 15) is 104 Å². The monoisotopic (exact) mass is 1770 g/mol. The SMILES string of the molecule is [C-]#[N+]C([N+]#[C-])=C1C=c2c(c(-c3c(F)c(F)c(C#N)c(F)c3F)c3c(c2-c2c(F)c(F)c(C#N)c(F)c2F)CC(=C(C#N)C#N)C=3)C1.[C-]#[N+]C([N+]#[C-])=C1C=c2c(c(-c3c(F)c(F)c(F)c(F)c3F)c3c(c2-c2c(F)c(F)c(F)c(F)c2F)CC(=C(C#N)C#N)C=3)C1.[C-]#[N+]C([N+]#[C-])=C1C=c2c(c(S(F)(F)(F)(F)F)c3c(c2S(F)(F)(F)(F)F)CC(=C(C#N)C#N)C=3)C1. The summed E-state index contributed by atoms with van der Waals surface area (Å²) in [6, 6.07) is 10.4. The molecule has 7 aromatic rings. The summed E-state index contributed by atoms with van der Waals surface area (Å²) in [7, 11) is -21.8. The molecule has 0 bridgehead atoms. The summed E-state index contributed by atoms with van der Waals surface area (Å²) >= 11 is 0. The van der Waals surface area contributed by atoms with Crippen LogP contribution >= 0.6 is 20.4 Å². The Morgan fingerprint density at radius 1 is 0.234 bits per heavy atom. The van der Waals surface area contributed by atoms with E-state index in [-0.39, 0.29) is 34.4 Å². The third-order valence-corrected chi connectivity index (χ3v) is 21.9. The van der Waals surface area contributed by atoms with E-state index < -0.39 is 339 Å². The van der Waals surface area contributed by atoms with Crippen molar-refractivity contribution < 1.29 is 118 Å². The highest BCUT2D eigenvalue weighted by Gasteiger charge is 2.72. The summed E-state index contributed by atoms with van der Waals surface area (Å²) in [5.74, 6) is -43.2. The number of rotatable bonds is 6. The standard InChI is InChI=1S/C32H6F8N6.C30H6F10N4.C18H6F10N4S2/c1-45-32(46-2)12-5-16-17(6-12)21(23-30(39)26(35)19(10-44)27(36)31(23)40)15-4-11(13(7-41)8-42)3-14(15)20(16)22-28(37)24(33)18(9-43)25(34)29(22)38;1-43-30(44-2)10-5-14-15(6-10)17(19-22(33)26(37)29(40)27(38)23(19)34)13-4-9(11(7-41)8-42)3-12(13)16(14)18-20(31)24(35)28(39)25(36)21(18)32;1-31-18(32-2)10-5-14-15(6-10)17(34(24,25,26,27)28)13-4-9(11(7-29)8-30)3-12(13)16(14)33(19,20,21,22)23/h3,6H,4-5H2;3,6H,4-5H2;3,6H,4-5H2. The Labute approximate surface area is 672 Å². The van der Waals surface area contributed by atoms with Crippen LogP contribution in [0.15, 0.2) is 77.4 Å². The van der Waals surface area contributed by atoms with Crippen molar-refractivity contribution >= 4 is 56.9 Å². The van der Waals surface area contributed by atoms with Crippen molar-refractivity contribution in [3.05, 3.63) is 317 Å². The molecule has 0 saturated heterocycles. The molecule has 124 heavy (non-hydrogen) atoms. The lowest BCUT2D eigenvalue weighted by atomic mass is 9.85. The van der Waals surface area contributed by atoms with Gasteiger partial charge in [-0.1, -0.05) is 57.1 Å². The Hall–Kier alpha value is -16.2. The van der Waals surface area contributed by atoms with Crippen molar-refractivity contribution in [1.82, 2.24) is 0 Å². The topological polar surface area (TPSA) is 216 Å². The maximum atomic E-state index is 15.6. The fourth-order valence-corrected chi connectivity index (χ4v) is 17.1. The van der Waals surface area contributed by atoms with E-state index in [0.717, 1.165) is 48.6 Å². The van der Waals surface area contributed by atoms with Crippen LogP contribution in [0.5, 0.6) is 0 Å². The summed E-state index contributed by atoms with van der Waals surface area (Å²) in [6.07, 6.45) is -1.88. The van der Waals surface area contributed by atoms with Gasteiger partial charge in [-0.05, 0) is 131 Å². The largest absolute Gasteiger partial charge is 0.522 e. The Morgan fingerprint density at radius 2 is 0.403 bits per heavy atom. The number of hydrogen-bond acceptors (Lipinski definition) is 8. The van der Waals surface area contributed by atoms with Gasteiger partial charge < -0.3 is 0 Å². The number of hydrogen-bond donors (Lipinski definition) is 0. The lowest BCUT2D eigenvalue weighted by Crippen LogP contribution is -2.33. The molecule has 0 spiro atoms. The zero-order chi connectivity index (χ0) is 92.4. The van der Waals surface area contributed by atoms with Gasteiger partial charge in [0.05, 0.1) is 39.0 Å². The summed E-state index contributed by atoms with van der Waals surface area (Å²) in [6.45, 7) is 42.8. The maximum absolute atomic E-state index is 15.6. The molecule has 13 rings (SSSR count). The van der Waals surface area contributed by atoms with E-state index in [1.807, 2.05) is 0 Å². The van der Waals surface area contributed by atoms with Crippen molar-refractivity contribution in [2.24, 2.45) is 0 Å². The van der Waals surface area contributed by atoms with Gasteiger partial charge in [0.15, 0.2) is 93.1 Å². The fourth-order valence-electron chi connectivity index (χ4n) is 14.7. The van der Waals surface area contributed by atoms with Crippen molar-refractivity contribution in [2.45, 2.75) is 48.3 Å². The molecule has 616 valence electrons. The smallest absolute Gasteiger partial charge is 0.203 e. The highest BCUT2D eigenvalue weighted by Crippen LogP contribution is 3.04. The molecule has 0 radical (unpaired) electrons. The molecule has 0 fully saturated rings. The van der Waals surface area contributed by atoms with Crippen LogP contribution in [0.3, 0.4) is 0 Å². The fraction of sp³-hybridized carbons (Fsp3) is 0.0750. The van der Waals surface area contributed by atoms with Crippen LogP contribution in [0.2, 0.25) is 0 Å². The van der Waals surface area contributed by atoms with Crippen LogP contribution in [0.4, 0.5) is 118 Å². The first-order valence-corrected chi connectivity index (χ1v) is 36.4. The molecular formula is C80H18F28N14S2. The van der Waals surface area contributed by atoms with Crippen molar-refractivity contribution in [2.75, 3.05) is 0 Å². The van der Waals surface area contributed by atoms with Gasteiger partial charge >= 0.3 is 37.9 Å². The molecule has 44 heteroatoms. The van der Waals surface area contributed by atoms with Gasteiger partial charge in [0.1, 0.15) is 126 Å². The van der Waals surface area contributed by atoms with Crippen LogP contribution in [-0.4, -0.2) is 0 Å². The minimum absolute atomic E-state index is 0.0456. The van der Waals surface area contributed by atoms with Crippen LogP contribution in [0, 0.1) is 235 Å². The minimum Gasteiger partial charge on any atom is -0.203 e. The second-order valence-corrected chi connectivity index (χ2v) is 30.8. The van der Waals surface area contributed by atoms with Gasteiger partial charge in [0.2, 0.25) is 11.6 Å². The molecule has 14 nitrogen and oxygen atoms in total. The van der Waals surface area contributed by atoms with Crippen molar-refractivity contribution in [3.63, 3.8) is 0 Å². The van der Waals surface area contributed by atoms with Gasteiger partial charge in [-0.25, -0.2) is 79.0 Å². The molecule has 6 aliphatic rings. The molecular weight excluding hydrogens is 1750 g/mol. The predicted octanol–water partition coefficient (Wildman–Crippen LogP) is 19.5. The normalized spacial score (nSPS) is 14.2.